The maximum absolute atomic E-state index is 10.8. The Labute approximate surface area is 84.9 Å². The summed E-state index contributed by atoms with van der Waals surface area (Å²) in [6.45, 7) is 3.63. The van der Waals surface area contributed by atoms with E-state index in [1.54, 1.807) is 6.92 Å². The molecular weight excluding hydrogens is 198 g/mol. The van der Waals surface area contributed by atoms with Gasteiger partial charge in [-0.15, -0.1) is 0 Å². The highest BCUT2D eigenvalue weighted by molar-refractivity contribution is 5.98. The zero-order valence-corrected chi connectivity index (χ0v) is 8.31. The van der Waals surface area contributed by atoms with E-state index in [9.17, 15) is 4.79 Å². The minimum absolute atomic E-state index is 0.162. The van der Waals surface area contributed by atoms with Crippen LogP contribution in [-0.4, -0.2) is 26.2 Å². The van der Waals surface area contributed by atoms with Crippen LogP contribution in [0.5, 0.6) is 0 Å². The minimum Gasteiger partial charge on any atom is -0.476 e. The van der Waals surface area contributed by atoms with E-state index in [0.717, 1.165) is 0 Å². The summed E-state index contributed by atoms with van der Waals surface area (Å²) in [6, 6.07) is 0. The van der Waals surface area contributed by atoms with Crippen molar-refractivity contribution in [3.8, 4) is 0 Å². The van der Waals surface area contributed by atoms with E-state index in [0.29, 0.717) is 23.5 Å². The minimum atomic E-state index is -1.14. The highest BCUT2D eigenvalue weighted by atomic mass is 16.5. The zero-order chi connectivity index (χ0) is 11.0. The lowest BCUT2D eigenvalue weighted by atomic mass is 10.3. The smallest absolute Gasteiger partial charge is 0.360 e. The van der Waals surface area contributed by atoms with Gasteiger partial charge < -0.3 is 9.63 Å². The van der Waals surface area contributed by atoms with Crippen LogP contribution in [0.3, 0.4) is 0 Å². The first-order valence-electron chi connectivity index (χ1n) is 4.49. The molecule has 0 amide bonds. The van der Waals surface area contributed by atoms with Gasteiger partial charge in [-0.05, 0) is 6.92 Å². The molecule has 78 valence electrons. The van der Waals surface area contributed by atoms with Crippen LogP contribution in [0.4, 0.5) is 0 Å². The van der Waals surface area contributed by atoms with Crippen LogP contribution in [0.1, 0.15) is 28.9 Å². The largest absolute Gasteiger partial charge is 0.476 e. The van der Waals surface area contributed by atoms with Crippen molar-refractivity contribution in [3.63, 3.8) is 0 Å². The van der Waals surface area contributed by atoms with E-state index in [1.807, 2.05) is 6.92 Å². The normalized spacial score (nSPS) is 10.8. The third-order valence-corrected chi connectivity index (χ3v) is 2.05. The summed E-state index contributed by atoms with van der Waals surface area (Å²) in [5.41, 5.74) is 1.05. The molecule has 15 heavy (non-hydrogen) atoms. The Hall–Kier alpha value is -1.98. The van der Waals surface area contributed by atoms with Crippen LogP contribution >= 0.6 is 0 Å². The van der Waals surface area contributed by atoms with Crippen molar-refractivity contribution in [3.05, 3.63) is 17.2 Å². The first kappa shape index (κ1) is 9.57. The molecule has 0 radical (unpaired) electrons. The molecule has 2 aromatic rings. The molecule has 0 saturated carbocycles. The predicted molar refractivity (Wildman–Crippen MR) is 50.7 cm³/mol. The van der Waals surface area contributed by atoms with Gasteiger partial charge >= 0.3 is 5.97 Å². The van der Waals surface area contributed by atoms with E-state index >= 15 is 0 Å². The van der Waals surface area contributed by atoms with Gasteiger partial charge in [-0.2, -0.15) is 0 Å². The third kappa shape index (κ3) is 1.43. The Morgan fingerprint density at radius 3 is 2.80 bits per heavy atom. The molecule has 0 fully saturated rings. The molecule has 0 atom stereocenters. The Kier molecular flexibility index (Phi) is 2.11. The molecule has 0 aliphatic rings. The number of fused-ring (bicyclic) bond motifs is 1. The summed E-state index contributed by atoms with van der Waals surface area (Å²) < 4.78 is 4.88. The van der Waals surface area contributed by atoms with Gasteiger partial charge in [0.1, 0.15) is 11.3 Å². The second-order valence-electron chi connectivity index (χ2n) is 3.09. The number of aromatic carboxylic acids is 1. The van der Waals surface area contributed by atoms with E-state index in [4.69, 9.17) is 9.63 Å². The molecular formula is C9H9N3O3. The first-order valence-corrected chi connectivity index (χ1v) is 4.49. The van der Waals surface area contributed by atoms with Gasteiger partial charge in [0.05, 0.1) is 5.69 Å². The molecule has 0 unspecified atom stereocenters. The molecule has 0 saturated heterocycles. The average molecular weight is 207 g/mol. The zero-order valence-electron chi connectivity index (χ0n) is 8.31. The maximum atomic E-state index is 10.8. The quantitative estimate of drug-likeness (QED) is 0.795. The van der Waals surface area contributed by atoms with E-state index in [2.05, 4.69) is 15.1 Å². The van der Waals surface area contributed by atoms with Crippen molar-refractivity contribution in [2.24, 2.45) is 0 Å². The predicted octanol–water partition coefficient (Wildman–Crippen LogP) is 1.19. The summed E-state index contributed by atoms with van der Waals surface area (Å²) >= 11 is 0. The highest BCUT2D eigenvalue weighted by Crippen LogP contribution is 2.18. The monoisotopic (exact) mass is 207 g/mol. The molecule has 1 N–H and O–H groups in total. The van der Waals surface area contributed by atoms with Crippen LogP contribution in [0, 0.1) is 6.92 Å². The molecule has 0 spiro atoms. The number of carbonyl (C=O) groups is 1. The molecule has 0 bridgehead atoms. The van der Waals surface area contributed by atoms with Crippen LogP contribution in [-0.2, 0) is 6.42 Å². The molecule has 2 aromatic heterocycles. The number of rotatable bonds is 2. The molecule has 6 heteroatoms. The van der Waals surface area contributed by atoms with Crippen molar-refractivity contribution >= 4 is 17.1 Å². The van der Waals surface area contributed by atoms with Gasteiger partial charge in [-0.1, -0.05) is 12.1 Å². The van der Waals surface area contributed by atoms with Gasteiger partial charge in [0.15, 0.2) is 0 Å². The van der Waals surface area contributed by atoms with E-state index in [1.165, 1.54) is 0 Å². The molecule has 0 aliphatic heterocycles. The van der Waals surface area contributed by atoms with Gasteiger partial charge in [0.2, 0.25) is 11.3 Å². The number of nitrogens with zero attached hydrogens (tertiary/aromatic N) is 3. The van der Waals surface area contributed by atoms with Crippen LogP contribution in [0.15, 0.2) is 4.52 Å². The van der Waals surface area contributed by atoms with Crippen molar-refractivity contribution in [1.82, 2.24) is 15.1 Å². The Balaban J connectivity index is 2.78. The maximum Gasteiger partial charge on any atom is 0.360 e. The van der Waals surface area contributed by atoms with Crippen molar-refractivity contribution in [1.29, 1.82) is 0 Å². The third-order valence-electron chi connectivity index (χ3n) is 2.05. The van der Waals surface area contributed by atoms with Crippen molar-refractivity contribution in [2.45, 2.75) is 20.3 Å². The summed E-state index contributed by atoms with van der Waals surface area (Å²) in [6.07, 6.45) is 0.640. The SMILES string of the molecule is CCc1nc(C)c2onc(C(=O)O)c2n1. The lowest BCUT2D eigenvalue weighted by Crippen LogP contribution is -2.01. The lowest BCUT2D eigenvalue weighted by Gasteiger charge is -1.97. The molecule has 2 rings (SSSR count). The molecule has 0 aromatic carbocycles. The molecule has 0 aliphatic carbocycles. The number of carboxylic acids is 1. The van der Waals surface area contributed by atoms with Gasteiger partial charge in [0.25, 0.3) is 0 Å². The van der Waals surface area contributed by atoms with E-state index in [-0.39, 0.29) is 11.2 Å². The van der Waals surface area contributed by atoms with E-state index < -0.39 is 5.97 Å². The van der Waals surface area contributed by atoms with Crippen LogP contribution < -0.4 is 0 Å². The second kappa shape index (κ2) is 3.30. The molecule has 2 heterocycles. The van der Waals surface area contributed by atoms with Crippen LogP contribution in [0.2, 0.25) is 0 Å². The van der Waals surface area contributed by atoms with Gasteiger partial charge in [0, 0.05) is 6.42 Å². The fraction of sp³-hybridized carbons (Fsp3) is 0.333. The Bertz CT molecular complexity index is 533. The fourth-order valence-electron chi connectivity index (χ4n) is 1.32. The Morgan fingerprint density at radius 2 is 2.20 bits per heavy atom. The van der Waals surface area contributed by atoms with Crippen molar-refractivity contribution in [2.75, 3.05) is 0 Å². The standard InChI is InChI=1S/C9H9N3O3/c1-3-5-10-4(2)8-6(11-5)7(9(13)14)12-15-8/h3H2,1-2H3,(H,13,14). The summed E-state index contributed by atoms with van der Waals surface area (Å²) in [5, 5.41) is 12.3. The van der Waals surface area contributed by atoms with Gasteiger partial charge in [-0.25, -0.2) is 14.8 Å². The van der Waals surface area contributed by atoms with Crippen molar-refractivity contribution < 1.29 is 14.4 Å². The molecule has 6 nitrogen and oxygen atoms in total. The lowest BCUT2D eigenvalue weighted by molar-refractivity contribution is 0.0687. The summed E-state index contributed by atoms with van der Waals surface area (Å²) in [7, 11) is 0. The summed E-state index contributed by atoms with van der Waals surface area (Å²) in [4.78, 5) is 19.0. The average Bonchev–Trinajstić information content (AvgIpc) is 2.61. The first-order chi connectivity index (χ1) is 7.13. The van der Waals surface area contributed by atoms with Gasteiger partial charge in [-0.3, -0.25) is 0 Å². The topological polar surface area (TPSA) is 89.1 Å². The second-order valence-corrected chi connectivity index (χ2v) is 3.09. The number of aromatic nitrogens is 3. The number of carboxylic acid groups (broad SMARTS) is 1. The highest BCUT2D eigenvalue weighted by Gasteiger charge is 2.19. The Morgan fingerprint density at radius 1 is 1.47 bits per heavy atom. The number of hydrogen-bond donors (Lipinski definition) is 1. The van der Waals surface area contributed by atoms with Crippen LogP contribution in [0.25, 0.3) is 11.1 Å². The fourth-order valence-corrected chi connectivity index (χ4v) is 1.32. The number of aryl methyl sites for hydroxylation is 2. The summed E-state index contributed by atoms with van der Waals surface area (Å²) in [5.74, 6) is -0.556. The number of hydrogen-bond acceptors (Lipinski definition) is 5.